The zero-order valence-corrected chi connectivity index (χ0v) is 30.3. The van der Waals surface area contributed by atoms with Gasteiger partial charge in [0.1, 0.15) is 0 Å². The summed E-state index contributed by atoms with van der Waals surface area (Å²) < 4.78 is 5.34. The Bertz CT molecular complexity index is 3160. The molecular formula is C50H31NS2. The Morgan fingerprint density at radius 1 is 0.321 bits per heavy atom. The molecular weight excluding hydrogens is 679 g/mol. The predicted octanol–water partition coefficient (Wildman–Crippen LogP) is 15.5. The zero-order chi connectivity index (χ0) is 34.9. The van der Waals surface area contributed by atoms with Crippen molar-refractivity contribution in [1.82, 2.24) is 0 Å². The molecule has 0 N–H and O–H groups in total. The molecule has 0 unspecified atom stereocenters. The van der Waals surface area contributed by atoms with Crippen LogP contribution in [0.25, 0.3) is 84.1 Å². The number of hydrogen-bond acceptors (Lipinski definition) is 3. The van der Waals surface area contributed by atoms with Gasteiger partial charge in [0.15, 0.2) is 0 Å². The van der Waals surface area contributed by atoms with Crippen LogP contribution in [0, 0.1) is 0 Å². The minimum Gasteiger partial charge on any atom is -0.310 e. The maximum Gasteiger partial charge on any atom is 0.0476 e. The molecule has 248 valence electrons. The quantitative estimate of drug-likeness (QED) is 0.172. The summed E-state index contributed by atoms with van der Waals surface area (Å²) in [5, 5.41) is 10.6. The minimum absolute atomic E-state index is 1.12. The van der Waals surface area contributed by atoms with Gasteiger partial charge in [0.05, 0.1) is 0 Å². The molecule has 0 bridgehead atoms. The Hall–Kier alpha value is -6.26. The number of benzene rings is 9. The van der Waals surface area contributed by atoms with E-state index in [-0.39, 0.29) is 0 Å². The van der Waals surface area contributed by atoms with Crippen molar-refractivity contribution in [1.29, 1.82) is 0 Å². The van der Waals surface area contributed by atoms with Crippen LogP contribution in [0.5, 0.6) is 0 Å². The van der Waals surface area contributed by atoms with Crippen LogP contribution in [-0.2, 0) is 0 Å². The lowest BCUT2D eigenvalue weighted by atomic mass is 9.98. The van der Waals surface area contributed by atoms with Gasteiger partial charge in [0, 0.05) is 57.4 Å². The van der Waals surface area contributed by atoms with Crippen molar-refractivity contribution >= 4 is 102 Å². The van der Waals surface area contributed by atoms with Crippen LogP contribution in [0.4, 0.5) is 17.1 Å². The molecule has 1 nitrogen and oxygen atoms in total. The first-order valence-corrected chi connectivity index (χ1v) is 19.6. The molecule has 2 aromatic heterocycles. The van der Waals surface area contributed by atoms with Gasteiger partial charge < -0.3 is 4.90 Å². The Morgan fingerprint density at radius 3 is 1.79 bits per heavy atom. The van der Waals surface area contributed by atoms with E-state index >= 15 is 0 Å². The van der Waals surface area contributed by atoms with Crippen molar-refractivity contribution < 1.29 is 0 Å². The highest BCUT2D eigenvalue weighted by molar-refractivity contribution is 7.28. The van der Waals surface area contributed by atoms with Crippen molar-refractivity contribution in [3.8, 4) is 22.3 Å². The van der Waals surface area contributed by atoms with Gasteiger partial charge in [0.25, 0.3) is 0 Å². The van der Waals surface area contributed by atoms with Crippen LogP contribution >= 0.6 is 22.7 Å². The molecule has 0 radical (unpaired) electrons. The van der Waals surface area contributed by atoms with Gasteiger partial charge in [-0.05, 0) is 92.3 Å². The topological polar surface area (TPSA) is 3.24 Å². The van der Waals surface area contributed by atoms with Gasteiger partial charge in [-0.3, -0.25) is 0 Å². The van der Waals surface area contributed by atoms with Crippen LogP contribution in [-0.4, -0.2) is 0 Å². The van der Waals surface area contributed by atoms with Gasteiger partial charge >= 0.3 is 0 Å². The summed E-state index contributed by atoms with van der Waals surface area (Å²) in [5.74, 6) is 0. The summed E-state index contributed by atoms with van der Waals surface area (Å²) >= 11 is 3.81. The van der Waals surface area contributed by atoms with Crippen molar-refractivity contribution in [2.75, 3.05) is 4.90 Å². The summed E-state index contributed by atoms with van der Waals surface area (Å²) in [6.45, 7) is 0. The van der Waals surface area contributed by atoms with E-state index < -0.39 is 0 Å². The largest absolute Gasteiger partial charge is 0.310 e. The molecule has 0 aliphatic rings. The second-order valence-corrected chi connectivity index (χ2v) is 15.8. The lowest BCUT2D eigenvalue weighted by Crippen LogP contribution is -2.09. The molecule has 0 spiro atoms. The van der Waals surface area contributed by atoms with Crippen LogP contribution in [0.2, 0.25) is 0 Å². The molecule has 0 saturated carbocycles. The Kier molecular flexibility index (Phi) is 6.97. The summed E-state index contributed by atoms with van der Waals surface area (Å²) in [7, 11) is 0. The predicted molar refractivity (Wildman–Crippen MR) is 233 cm³/mol. The maximum absolute atomic E-state index is 2.41. The molecule has 9 aromatic carbocycles. The highest BCUT2D eigenvalue weighted by Crippen LogP contribution is 2.48. The highest BCUT2D eigenvalue weighted by Gasteiger charge is 2.19. The fourth-order valence-electron chi connectivity index (χ4n) is 8.16. The monoisotopic (exact) mass is 709 g/mol. The molecule has 0 amide bonds. The third-order valence-corrected chi connectivity index (χ3v) is 13.0. The zero-order valence-electron chi connectivity index (χ0n) is 28.7. The first-order valence-electron chi connectivity index (χ1n) is 18.0. The number of nitrogens with zero attached hydrogens (tertiary/aromatic N) is 1. The van der Waals surface area contributed by atoms with Crippen molar-refractivity contribution in [2.24, 2.45) is 0 Å². The number of anilines is 3. The number of rotatable bonds is 5. The van der Waals surface area contributed by atoms with E-state index in [1.807, 2.05) is 22.7 Å². The number of thiophene rings is 2. The average molecular weight is 710 g/mol. The van der Waals surface area contributed by atoms with E-state index in [1.54, 1.807) is 0 Å². The third-order valence-electron chi connectivity index (χ3n) is 10.6. The Morgan fingerprint density at radius 2 is 0.943 bits per heavy atom. The van der Waals surface area contributed by atoms with Gasteiger partial charge in [-0.1, -0.05) is 140 Å². The maximum atomic E-state index is 2.41. The summed E-state index contributed by atoms with van der Waals surface area (Å²) in [4.78, 5) is 2.41. The summed E-state index contributed by atoms with van der Waals surface area (Å²) in [5.41, 5.74) is 8.26. The van der Waals surface area contributed by atoms with E-state index in [1.165, 1.54) is 84.1 Å². The molecule has 0 aliphatic heterocycles. The SMILES string of the molecule is c1ccc(-c2cccc(N(c3ccc(-c4cccc5ccccc45)cc3)c3ccc4c(c3)sc3ccc5sc6c7ccccc7ccc6c5c34)c2)cc1. The normalized spacial score (nSPS) is 11.8. The molecule has 53 heavy (non-hydrogen) atoms. The average Bonchev–Trinajstić information content (AvgIpc) is 3.80. The smallest absolute Gasteiger partial charge is 0.0476 e. The standard InChI is InChI=1S/C50H31NS2/c1-2-10-32(11-3-1)36-15-8-16-38(30-36)51(37-23-20-35(21-24-37)41-19-9-14-33-12-4-6-17-40(33)41)39-25-27-43-47(31-39)52-45-28-29-46-49(48(43)45)44-26-22-34-13-5-7-18-42(34)50(44)53-46/h1-31H. The van der Waals surface area contributed by atoms with Gasteiger partial charge in [-0.25, -0.2) is 0 Å². The van der Waals surface area contributed by atoms with Gasteiger partial charge in [-0.15, -0.1) is 22.7 Å². The lowest BCUT2D eigenvalue weighted by molar-refractivity contribution is 1.29. The summed E-state index contributed by atoms with van der Waals surface area (Å²) in [6, 6.07) is 68.9. The second kappa shape index (κ2) is 12.2. The lowest BCUT2D eigenvalue weighted by Gasteiger charge is -2.26. The Labute approximate surface area is 315 Å². The van der Waals surface area contributed by atoms with Crippen LogP contribution in [0.1, 0.15) is 0 Å². The van der Waals surface area contributed by atoms with Crippen LogP contribution in [0.15, 0.2) is 188 Å². The van der Waals surface area contributed by atoms with Gasteiger partial charge in [0.2, 0.25) is 0 Å². The molecule has 3 heteroatoms. The van der Waals surface area contributed by atoms with Gasteiger partial charge in [-0.2, -0.15) is 0 Å². The van der Waals surface area contributed by atoms with E-state index in [4.69, 9.17) is 0 Å². The van der Waals surface area contributed by atoms with Crippen molar-refractivity contribution in [2.45, 2.75) is 0 Å². The molecule has 0 aliphatic carbocycles. The molecule has 2 heterocycles. The minimum atomic E-state index is 1.12. The second-order valence-electron chi connectivity index (χ2n) is 13.7. The van der Waals surface area contributed by atoms with Crippen LogP contribution in [0.3, 0.4) is 0 Å². The fraction of sp³-hybridized carbons (Fsp3) is 0. The third kappa shape index (κ3) is 4.97. The van der Waals surface area contributed by atoms with Crippen molar-refractivity contribution in [3.63, 3.8) is 0 Å². The number of hydrogen-bond donors (Lipinski definition) is 0. The molecule has 0 fully saturated rings. The molecule has 11 rings (SSSR count). The molecule has 0 saturated heterocycles. The first-order chi connectivity index (χ1) is 26.3. The van der Waals surface area contributed by atoms with Crippen molar-refractivity contribution in [3.05, 3.63) is 188 Å². The van der Waals surface area contributed by atoms with Crippen LogP contribution < -0.4 is 4.90 Å². The number of fused-ring (bicyclic) bond motifs is 10. The molecule has 0 atom stereocenters. The molecule has 11 aromatic rings. The van der Waals surface area contributed by atoms with E-state index in [0.717, 1.165) is 17.1 Å². The fourth-order valence-corrected chi connectivity index (χ4v) is 10.6. The highest BCUT2D eigenvalue weighted by atomic mass is 32.1. The summed E-state index contributed by atoms with van der Waals surface area (Å²) in [6.07, 6.45) is 0. The van der Waals surface area contributed by atoms with E-state index in [0.29, 0.717) is 0 Å². The first kappa shape index (κ1) is 30.4. The Balaban J connectivity index is 1.09. The van der Waals surface area contributed by atoms with E-state index in [9.17, 15) is 0 Å². The van der Waals surface area contributed by atoms with E-state index in [2.05, 4.69) is 193 Å².